The number of hydrogen-bond donors (Lipinski definition) is 2. The Morgan fingerprint density at radius 2 is 1.77 bits per heavy atom. The maximum atomic E-state index is 13.0. The zero-order valence-electron chi connectivity index (χ0n) is 21.6. The highest BCUT2D eigenvalue weighted by Gasteiger charge is 2.45. The third kappa shape index (κ3) is 4.39. The lowest BCUT2D eigenvalue weighted by Crippen LogP contribution is -2.50. The Kier molecular flexibility index (Phi) is 6.23. The van der Waals surface area contributed by atoms with Gasteiger partial charge in [0.05, 0.1) is 24.7 Å². The monoisotopic (exact) mass is 547 g/mol. The number of urea groups is 1. The summed E-state index contributed by atoms with van der Waals surface area (Å²) < 4.78 is 27.4. The van der Waals surface area contributed by atoms with E-state index in [0.717, 1.165) is 35.9 Å². The fraction of sp³-hybridized carbons (Fsp3) is 0.333. The summed E-state index contributed by atoms with van der Waals surface area (Å²) in [7, 11) is -2.32. The third-order valence-corrected chi connectivity index (χ3v) is 8.88. The highest BCUT2D eigenvalue weighted by atomic mass is 32.2. The number of nitrogen functional groups attached to an aromatic ring is 1. The number of rotatable bonds is 5. The summed E-state index contributed by atoms with van der Waals surface area (Å²) in [4.78, 5) is 28.8. The Morgan fingerprint density at radius 1 is 1.05 bits per heavy atom. The lowest BCUT2D eigenvalue weighted by atomic mass is 9.88. The van der Waals surface area contributed by atoms with Gasteiger partial charge in [0.1, 0.15) is 10.7 Å². The second kappa shape index (κ2) is 9.62. The molecule has 202 valence electrons. The second-order valence-corrected chi connectivity index (χ2v) is 12.1. The van der Waals surface area contributed by atoms with Crippen LogP contribution in [0.5, 0.6) is 0 Å². The van der Waals surface area contributed by atoms with Crippen molar-refractivity contribution < 1.29 is 18.0 Å². The number of hydroxylamine groups is 1. The first-order valence-electron chi connectivity index (χ1n) is 12.8. The van der Waals surface area contributed by atoms with Crippen LogP contribution in [0.4, 0.5) is 10.6 Å². The molecule has 3 aromatic heterocycles. The molecule has 2 bridgehead atoms. The molecule has 5 heterocycles. The summed E-state index contributed by atoms with van der Waals surface area (Å²) in [6.07, 6.45) is 7.36. The van der Waals surface area contributed by atoms with Crippen LogP contribution in [0.2, 0.25) is 0 Å². The lowest BCUT2D eigenvalue weighted by molar-refractivity contribution is 0.0650. The number of benzene rings is 1. The summed E-state index contributed by atoms with van der Waals surface area (Å²) in [5.41, 5.74) is 13.1. The molecule has 6 rings (SSSR count). The standard InChI is InChI=1S/C27H29N7O4S/c1-38-32-27(35)33-19-9-10-20(33)13-18(12-19)23-24(39(2,36)37)25(28)34-26(31-23)21(15-30-34)17-8-11-22(29-14-17)16-6-4-3-5-7-16/h3-8,11,14-15,18-20H,9-10,12-13,28H2,1-2H3,(H,32,35)/t18?,19-,20?/m1/s1. The molecule has 12 heteroatoms. The van der Waals surface area contributed by atoms with Crippen LogP contribution in [0.15, 0.2) is 59.8 Å². The molecule has 4 aromatic rings. The van der Waals surface area contributed by atoms with E-state index in [4.69, 9.17) is 15.6 Å². The number of anilines is 1. The molecule has 0 radical (unpaired) electrons. The molecule has 11 nitrogen and oxygen atoms in total. The smallest absolute Gasteiger partial charge is 0.341 e. The molecule has 2 saturated heterocycles. The van der Waals surface area contributed by atoms with Crippen LogP contribution in [0.3, 0.4) is 0 Å². The van der Waals surface area contributed by atoms with E-state index in [2.05, 4.69) is 15.6 Å². The fourth-order valence-corrected chi connectivity index (χ4v) is 7.14. The van der Waals surface area contributed by atoms with Gasteiger partial charge in [0.2, 0.25) is 0 Å². The van der Waals surface area contributed by atoms with Crippen LogP contribution in [0, 0.1) is 0 Å². The summed E-state index contributed by atoms with van der Waals surface area (Å²) >= 11 is 0. The molecular weight excluding hydrogens is 518 g/mol. The SMILES string of the molecule is CONC(=O)N1C2CC[C@@H]1CC(c1nc3c(-c4ccc(-c5ccccc5)nc4)cnn3c(N)c1S(C)(=O)=O)C2. The zero-order chi connectivity index (χ0) is 27.3. The molecule has 2 amide bonds. The van der Waals surface area contributed by atoms with Gasteiger partial charge in [0.15, 0.2) is 15.5 Å². The van der Waals surface area contributed by atoms with Crippen LogP contribution in [-0.2, 0) is 14.7 Å². The van der Waals surface area contributed by atoms with Crippen molar-refractivity contribution in [2.45, 2.75) is 48.6 Å². The van der Waals surface area contributed by atoms with Crippen molar-refractivity contribution in [2.75, 3.05) is 19.1 Å². The van der Waals surface area contributed by atoms with E-state index >= 15 is 0 Å². The molecule has 2 aliphatic heterocycles. The van der Waals surface area contributed by atoms with Crippen LogP contribution < -0.4 is 11.2 Å². The number of carbonyl (C=O) groups excluding carboxylic acids is 1. The summed E-state index contributed by atoms with van der Waals surface area (Å²) in [5.74, 6) is -0.156. The molecule has 2 unspecified atom stereocenters. The van der Waals surface area contributed by atoms with E-state index in [0.29, 0.717) is 29.7 Å². The minimum atomic E-state index is -3.72. The van der Waals surface area contributed by atoms with Crippen LogP contribution in [0.1, 0.15) is 37.3 Å². The van der Waals surface area contributed by atoms with Crippen LogP contribution in [0.25, 0.3) is 28.0 Å². The van der Waals surface area contributed by atoms with Crippen molar-refractivity contribution >= 4 is 27.3 Å². The Hall–Kier alpha value is -4.03. The molecule has 1 aromatic carbocycles. The number of carbonyl (C=O) groups is 1. The van der Waals surface area contributed by atoms with Crippen molar-refractivity contribution in [3.63, 3.8) is 0 Å². The van der Waals surface area contributed by atoms with Gasteiger partial charge in [-0.3, -0.25) is 9.82 Å². The van der Waals surface area contributed by atoms with Crippen molar-refractivity contribution in [3.8, 4) is 22.4 Å². The van der Waals surface area contributed by atoms with E-state index in [1.165, 1.54) is 11.6 Å². The number of nitrogens with zero attached hydrogens (tertiary/aromatic N) is 5. The lowest BCUT2D eigenvalue weighted by Gasteiger charge is -2.38. The number of pyridine rings is 1. The van der Waals surface area contributed by atoms with E-state index in [-0.39, 0.29) is 34.7 Å². The van der Waals surface area contributed by atoms with Crippen molar-refractivity contribution in [3.05, 3.63) is 60.6 Å². The number of hydrogen-bond acceptors (Lipinski definition) is 8. The summed E-state index contributed by atoms with van der Waals surface area (Å²) in [6.45, 7) is 0. The van der Waals surface area contributed by atoms with E-state index < -0.39 is 9.84 Å². The van der Waals surface area contributed by atoms with Crippen molar-refractivity contribution in [2.24, 2.45) is 0 Å². The number of piperidine rings is 1. The molecule has 0 saturated carbocycles. The third-order valence-electron chi connectivity index (χ3n) is 7.72. The van der Waals surface area contributed by atoms with Gasteiger partial charge in [-0.2, -0.15) is 9.61 Å². The number of fused-ring (bicyclic) bond motifs is 3. The van der Waals surface area contributed by atoms with Gasteiger partial charge in [-0.15, -0.1) is 0 Å². The predicted octanol–water partition coefficient (Wildman–Crippen LogP) is 3.43. The maximum Gasteiger partial charge on any atom is 0.341 e. The van der Waals surface area contributed by atoms with E-state index in [9.17, 15) is 13.2 Å². The first-order valence-corrected chi connectivity index (χ1v) is 14.7. The quantitative estimate of drug-likeness (QED) is 0.362. The first-order chi connectivity index (χ1) is 18.8. The molecule has 39 heavy (non-hydrogen) atoms. The molecule has 3 atom stereocenters. The van der Waals surface area contributed by atoms with Gasteiger partial charge >= 0.3 is 6.03 Å². The van der Waals surface area contributed by atoms with E-state index in [1.807, 2.05) is 47.4 Å². The Balaban J connectivity index is 1.42. The average molecular weight is 548 g/mol. The minimum absolute atomic E-state index is 0.00129. The predicted molar refractivity (Wildman–Crippen MR) is 145 cm³/mol. The van der Waals surface area contributed by atoms with Crippen molar-refractivity contribution in [1.82, 2.24) is 30.0 Å². The summed E-state index contributed by atoms with van der Waals surface area (Å²) in [6, 6.07) is 13.4. The minimum Gasteiger partial charge on any atom is -0.382 e. The van der Waals surface area contributed by atoms with Crippen LogP contribution >= 0.6 is 0 Å². The van der Waals surface area contributed by atoms with Gasteiger partial charge in [0, 0.05) is 47.1 Å². The largest absolute Gasteiger partial charge is 0.382 e. The second-order valence-electron chi connectivity index (χ2n) is 10.1. The van der Waals surface area contributed by atoms with Gasteiger partial charge in [-0.25, -0.2) is 23.7 Å². The molecule has 2 aliphatic rings. The fourth-order valence-electron chi connectivity index (χ4n) is 6.08. The zero-order valence-corrected chi connectivity index (χ0v) is 22.4. The molecule has 0 spiro atoms. The normalized spacial score (nSPS) is 20.9. The molecular formula is C27H29N7O4S. The van der Waals surface area contributed by atoms with E-state index in [1.54, 1.807) is 12.4 Å². The number of nitrogens with two attached hydrogens (primary N) is 1. The van der Waals surface area contributed by atoms with Crippen LogP contribution in [-0.4, -0.2) is 64.4 Å². The Morgan fingerprint density at radius 3 is 2.38 bits per heavy atom. The molecule has 2 fully saturated rings. The highest BCUT2D eigenvalue weighted by Crippen LogP contribution is 2.45. The number of sulfone groups is 1. The number of amides is 2. The maximum absolute atomic E-state index is 13.0. The van der Waals surface area contributed by atoms with Gasteiger partial charge < -0.3 is 10.6 Å². The summed E-state index contributed by atoms with van der Waals surface area (Å²) in [5, 5.41) is 4.40. The molecule has 3 N–H and O–H groups in total. The van der Waals surface area contributed by atoms with Gasteiger partial charge in [-0.05, 0) is 31.7 Å². The Bertz CT molecular complexity index is 1640. The topological polar surface area (TPSA) is 145 Å². The number of nitrogens with one attached hydrogen (secondary N) is 1. The Labute approximate surface area is 225 Å². The number of aromatic nitrogens is 4. The van der Waals surface area contributed by atoms with Gasteiger partial charge in [0.25, 0.3) is 0 Å². The average Bonchev–Trinajstić information content (AvgIpc) is 3.47. The van der Waals surface area contributed by atoms with Gasteiger partial charge in [-0.1, -0.05) is 36.4 Å². The first kappa shape index (κ1) is 25.3. The molecule has 0 aliphatic carbocycles. The highest BCUT2D eigenvalue weighted by molar-refractivity contribution is 7.91. The van der Waals surface area contributed by atoms with Crippen molar-refractivity contribution in [1.29, 1.82) is 0 Å².